The van der Waals surface area contributed by atoms with Gasteiger partial charge in [0.05, 0.1) is 36.0 Å². The van der Waals surface area contributed by atoms with Gasteiger partial charge < -0.3 is 9.47 Å². The van der Waals surface area contributed by atoms with Crippen molar-refractivity contribution in [2.24, 2.45) is 0 Å². The third kappa shape index (κ3) is 3.34. The molecule has 0 amide bonds. The molecule has 4 heterocycles. The first-order valence-corrected chi connectivity index (χ1v) is 10.1. The minimum absolute atomic E-state index is 0.189. The molecule has 5 rings (SSSR count). The fourth-order valence-corrected chi connectivity index (χ4v) is 4.13. The Hall–Kier alpha value is -3.04. The van der Waals surface area contributed by atoms with Crippen LogP contribution in [-0.2, 0) is 4.74 Å². The van der Waals surface area contributed by atoms with Crippen molar-refractivity contribution >= 4 is 22.5 Å². The van der Waals surface area contributed by atoms with Crippen LogP contribution in [0.1, 0.15) is 18.9 Å². The molecule has 1 aromatic carbocycles. The monoisotopic (exact) mass is 445 g/mol. The van der Waals surface area contributed by atoms with E-state index in [1.165, 1.54) is 31.5 Å². The van der Waals surface area contributed by atoms with Gasteiger partial charge in [0.15, 0.2) is 11.6 Å². The summed E-state index contributed by atoms with van der Waals surface area (Å²) in [5.41, 5.74) is 1.05. The number of aromatic nitrogens is 5. The van der Waals surface area contributed by atoms with E-state index in [2.05, 4.69) is 15.2 Å². The van der Waals surface area contributed by atoms with Crippen LogP contribution in [0.5, 0.6) is 5.88 Å². The number of nitrogens with zero attached hydrogens (tertiary/aromatic N) is 5. The molecule has 0 radical (unpaired) electrons. The topological polar surface area (TPSA) is 67.0 Å². The van der Waals surface area contributed by atoms with Gasteiger partial charge in [-0.15, -0.1) is 0 Å². The van der Waals surface area contributed by atoms with E-state index in [4.69, 9.17) is 21.1 Å². The Morgan fingerprint density at radius 2 is 1.90 bits per heavy atom. The maximum Gasteiger partial charge on any atom is 0.225 e. The van der Waals surface area contributed by atoms with Crippen LogP contribution in [0.4, 0.5) is 8.78 Å². The zero-order chi connectivity index (χ0) is 21.5. The van der Waals surface area contributed by atoms with Gasteiger partial charge in [-0.25, -0.2) is 18.4 Å². The number of para-hydroxylation sites is 1. The van der Waals surface area contributed by atoms with Gasteiger partial charge in [-0.2, -0.15) is 10.2 Å². The lowest BCUT2D eigenvalue weighted by molar-refractivity contribution is 0.0662. The van der Waals surface area contributed by atoms with Crippen LogP contribution in [0.25, 0.3) is 27.8 Å². The Morgan fingerprint density at radius 1 is 1.16 bits per heavy atom. The highest BCUT2D eigenvalue weighted by molar-refractivity contribution is 6.35. The highest BCUT2D eigenvalue weighted by Gasteiger charge is 2.26. The van der Waals surface area contributed by atoms with Crippen molar-refractivity contribution in [1.29, 1.82) is 0 Å². The van der Waals surface area contributed by atoms with E-state index in [-0.39, 0.29) is 22.6 Å². The normalized spacial score (nSPS) is 15.0. The van der Waals surface area contributed by atoms with Crippen LogP contribution in [0.3, 0.4) is 0 Å². The molecule has 0 atom stereocenters. The zero-order valence-corrected chi connectivity index (χ0v) is 17.3. The molecule has 1 saturated heterocycles. The van der Waals surface area contributed by atoms with Gasteiger partial charge in [-0.3, -0.25) is 4.68 Å². The van der Waals surface area contributed by atoms with E-state index >= 15 is 0 Å². The molecule has 0 unspecified atom stereocenters. The molecule has 160 valence electrons. The van der Waals surface area contributed by atoms with Crippen LogP contribution in [-0.4, -0.2) is 44.9 Å². The van der Waals surface area contributed by atoms with E-state index < -0.39 is 11.6 Å². The highest BCUT2D eigenvalue weighted by Crippen LogP contribution is 2.39. The second kappa shape index (κ2) is 7.90. The van der Waals surface area contributed by atoms with E-state index in [9.17, 15) is 8.78 Å². The standard InChI is InChI=1S/C21H18ClF2N5O2/c1-30-21-17-18(12-9-26-28(11-12)13-5-7-31-8-6-13)27-29(19(17)14(22)10-25-21)20-15(23)3-2-4-16(20)24/h2-4,9-11,13H,5-8H2,1H3. The first kappa shape index (κ1) is 19.9. The van der Waals surface area contributed by atoms with Crippen molar-refractivity contribution in [1.82, 2.24) is 24.5 Å². The lowest BCUT2D eigenvalue weighted by Crippen LogP contribution is -2.19. The average Bonchev–Trinajstić information content (AvgIpc) is 3.41. The summed E-state index contributed by atoms with van der Waals surface area (Å²) in [5, 5.41) is 9.66. The molecular weight excluding hydrogens is 428 g/mol. The van der Waals surface area contributed by atoms with Gasteiger partial charge in [0.1, 0.15) is 16.9 Å². The van der Waals surface area contributed by atoms with Gasteiger partial charge >= 0.3 is 0 Å². The first-order valence-electron chi connectivity index (χ1n) is 9.76. The highest BCUT2D eigenvalue weighted by atomic mass is 35.5. The third-order valence-electron chi connectivity index (χ3n) is 5.40. The molecule has 1 aliphatic heterocycles. The van der Waals surface area contributed by atoms with Crippen molar-refractivity contribution in [2.45, 2.75) is 18.9 Å². The van der Waals surface area contributed by atoms with Gasteiger partial charge in [0, 0.05) is 25.0 Å². The van der Waals surface area contributed by atoms with Gasteiger partial charge in [-0.1, -0.05) is 17.7 Å². The molecule has 0 aliphatic carbocycles. The SMILES string of the molecule is COc1ncc(Cl)c2c1c(-c1cnn(C3CCOCC3)c1)nn2-c1c(F)cccc1F. The Bertz CT molecular complexity index is 1250. The summed E-state index contributed by atoms with van der Waals surface area (Å²) in [7, 11) is 1.46. The van der Waals surface area contributed by atoms with E-state index in [1.54, 1.807) is 6.20 Å². The van der Waals surface area contributed by atoms with Crippen molar-refractivity contribution in [3.8, 4) is 22.8 Å². The van der Waals surface area contributed by atoms with Gasteiger partial charge in [-0.05, 0) is 25.0 Å². The van der Waals surface area contributed by atoms with Gasteiger partial charge in [0.25, 0.3) is 0 Å². The van der Waals surface area contributed by atoms with E-state index in [1.807, 2.05) is 10.9 Å². The minimum atomic E-state index is -0.763. The van der Waals surface area contributed by atoms with Crippen LogP contribution in [0.2, 0.25) is 5.02 Å². The summed E-state index contributed by atoms with van der Waals surface area (Å²) >= 11 is 6.41. The number of rotatable bonds is 4. The second-order valence-electron chi connectivity index (χ2n) is 7.22. The molecular formula is C21H18ClF2N5O2. The van der Waals surface area contributed by atoms with E-state index in [0.29, 0.717) is 35.4 Å². The zero-order valence-electron chi connectivity index (χ0n) is 16.6. The second-order valence-corrected chi connectivity index (χ2v) is 7.63. The maximum atomic E-state index is 14.6. The number of hydrogen-bond donors (Lipinski definition) is 0. The summed E-state index contributed by atoms with van der Waals surface area (Å²) in [6.45, 7) is 1.36. The van der Waals surface area contributed by atoms with Crippen molar-refractivity contribution in [2.75, 3.05) is 20.3 Å². The lowest BCUT2D eigenvalue weighted by Gasteiger charge is -2.22. The largest absolute Gasteiger partial charge is 0.480 e. The summed E-state index contributed by atoms with van der Waals surface area (Å²) in [4.78, 5) is 4.22. The van der Waals surface area contributed by atoms with Crippen LogP contribution in [0, 0.1) is 11.6 Å². The summed E-state index contributed by atoms with van der Waals surface area (Å²) in [6.07, 6.45) is 6.61. The number of methoxy groups -OCH3 is 1. The minimum Gasteiger partial charge on any atom is -0.480 e. The lowest BCUT2D eigenvalue weighted by atomic mass is 10.1. The molecule has 0 spiro atoms. The Balaban J connectivity index is 1.74. The maximum absolute atomic E-state index is 14.6. The molecule has 0 saturated carbocycles. The molecule has 0 bridgehead atoms. The molecule has 7 nitrogen and oxygen atoms in total. The fraction of sp³-hybridized carbons (Fsp3) is 0.286. The van der Waals surface area contributed by atoms with E-state index in [0.717, 1.165) is 17.5 Å². The summed E-state index contributed by atoms with van der Waals surface area (Å²) in [5.74, 6) is -1.28. The predicted molar refractivity (Wildman–Crippen MR) is 111 cm³/mol. The van der Waals surface area contributed by atoms with Crippen molar-refractivity contribution in [3.05, 3.63) is 53.4 Å². The molecule has 1 aliphatic rings. The number of ether oxygens (including phenoxy) is 2. The number of pyridine rings is 1. The Kier molecular flexibility index (Phi) is 5.07. The van der Waals surface area contributed by atoms with Crippen molar-refractivity contribution in [3.63, 3.8) is 0 Å². The number of benzene rings is 1. The third-order valence-corrected chi connectivity index (χ3v) is 5.68. The molecule has 10 heteroatoms. The predicted octanol–water partition coefficient (Wildman–Crippen LogP) is 4.58. The number of halogens is 3. The number of hydrogen-bond acceptors (Lipinski definition) is 5. The summed E-state index contributed by atoms with van der Waals surface area (Å²) in [6, 6.07) is 3.84. The quantitative estimate of drug-likeness (QED) is 0.460. The molecule has 31 heavy (non-hydrogen) atoms. The molecule has 0 N–H and O–H groups in total. The number of fused-ring (bicyclic) bond motifs is 1. The molecule has 4 aromatic rings. The smallest absolute Gasteiger partial charge is 0.225 e. The van der Waals surface area contributed by atoms with Crippen molar-refractivity contribution < 1.29 is 18.3 Å². The molecule has 3 aromatic heterocycles. The Morgan fingerprint density at radius 3 is 2.61 bits per heavy atom. The summed E-state index contributed by atoms with van der Waals surface area (Å²) < 4.78 is 43.1. The Labute approximate surface area is 181 Å². The van der Waals surface area contributed by atoms with Crippen LogP contribution in [0.15, 0.2) is 36.8 Å². The van der Waals surface area contributed by atoms with Gasteiger partial charge in [0.2, 0.25) is 5.88 Å². The first-order chi connectivity index (χ1) is 15.1. The van der Waals surface area contributed by atoms with Crippen LogP contribution >= 0.6 is 11.6 Å². The van der Waals surface area contributed by atoms with Crippen LogP contribution < -0.4 is 4.74 Å². The average molecular weight is 446 g/mol. The fourth-order valence-electron chi connectivity index (χ4n) is 3.90. The molecule has 1 fully saturated rings.